The Balaban J connectivity index is 1.72. The maximum Gasteiger partial charge on any atom is 0.252 e. The first-order chi connectivity index (χ1) is 11.4. The number of sulfonamides is 1. The van der Waals surface area contributed by atoms with Crippen molar-refractivity contribution in [3.05, 3.63) is 46.3 Å². The molecule has 1 saturated heterocycles. The summed E-state index contributed by atoms with van der Waals surface area (Å²) in [6.45, 7) is 8.79. The Bertz CT molecular complexity index is 819. The molecule has 130 valence electrons. The second-order valence-electron chi connectivity index (χ2n) is 6.26. The minimum Gasteiger partial charge on any atom is -0.369 e. The van der Waals surface area contributed by atoms with Gasteiger partial charge in [-0.25, -0.2) is 8.42 Å². The molecule has 6 heteroatoms. The van der Waals surface area contributed by atoms with Crippen LogP contribution in [0.4, 0.5) is 5.69 Å². The molecule has 0 saturated carbocycles. The lowest BCUT2D eigenvalue weighted by Gasteiger charge is -2.36. The maximum absolute atomic E-state index is 12.8. The predicted octanol–water partition coefficient (Wildman–Crippen LogP) is 3.44. The van der Waals surface area contributed by atoms with Crippen LogP contribution < -0.4 is 4.90 Å². The van der Waals surface area contributed by atoms with Crippen LogP contribution in [0, 0.1) is 13.8 Å². The molecule has 0 bridgehead atoms. The highest BCUT2D eigenvalue weighted by Crippen LogP contribution is 2.28. The molecular formula is C18H24N2O2S2. The van der Waals surface area contributed by atoms with E-state index in [0.29, 0.717) is 17.3 Å². The normalized spacial score (nSPS) is 16.5. The zero-order chi connectivity index (χ0) is 17.3. The highest BCUT2D eigenvalue weighted by atomic mass is 32.2. The maximum atomic E-state index is 12.8. The third-order valence-electron chi connectivity index (χ3n) is 4.51. The summed E-state index contributed by atoms with van der Waals surface area (Å²) in [5.74, 6) is 0. The van der Waals surface area contributed by atoms with Crippen LogP contribution in [0.5, 0.6) is 0 Å². The van der Waals surface area contributed by atoms with Gasteiger partial charge in [0.2, 0.25) is 0 Å². The first kappa shape index (κ1) is 17.5. The first-order valence-electron chi connectivity index (χ1n) is 8.33. The smallest absolute Gasteiger partial charge is 0.252 e. The molecule has 2 aromatic rings. The number of anilines is 1. The molecule has 0 atom stereocenters. The largest absolute Gasteiger partial charge is 0.369 e. The van der Waals surface area contributed by atoms with Gasteiger partial charge in [0, 0.05) is 36.7 Å². The molecule has 0 N–H and O–H groups in total. The fourth-order valence-electron chi connectivity index (χ4n) is 3.14. The number of aryl methyl sites for hydroxylation is 3. The van der Waals surface area contributed by atoms with Crippen LogP contribution in [0.3, 0.4) is 0 Å². The number of nitrogens with zero attached hydrogens (tertiary/aromatic N) is 2. The van der Waals surface area contributed by atoms with Gasteiger partial charge in [-0.2, -0.15) is 4.31 Å². The van der Waals surface area contributed by atoms with Gasteiger partial charge in [0.05, 0.1) is 0 Å². The summed E-state index contributed by atoms with van der Waals surface area (Å²) < 4.78 is 27.7. The molecule has 24 heavy (non-hydrogen) atoms. The Kier molecular flexibility index (Phi) is 4.99. The Labute approximate surface area is 148 Å². The van der Waals surface area contributed by atoms with Gasteiger partial charge in [0.1, 0.15) is 4.21 Å². The van der Waals surface area contributed by atoms with E-state index in [1.54, 1.807) is 10.4 Å². The number of benzene rings is 1. The number of rotatable bonds is 4. The average Bonchev–Trinajstić information content (AvgIpc) is 3.05. The summed E-state index contributed by atoms with van der Waals surface area (Å²) in [7, 11) is -3.35. The third kappa shape index (κ3) is 3.36. The van der Waals surface area contributed by atoms with Crippen LogP contribution in [-0.4, -0.2) is 38.9 Å². The van der Waals surface area contributed by atoms with Crippen molar-refractivity contribution >= 4 is 27.0 Å². The molecule has 2 heterocycles. The Morgan fingerprint density at radius 3 is 2.33 bits per heavy atom. The van der Waals surface area contributed by atoms with E-state index in [1.165, 1.54) is 28.2 Å². The number of hydrogen-bond donors (Lipinski definition) is 0. The molecule has 1 aromatic carbocycles. The monoisotopic (exact) mass is 364 g/mol. The van der Waals surface area contributed by atoms with Crippen molar-refractivity contribution in [1.29, 1.82) is 0 Å². The van der Waals surface area contributed by atoms with Gasteiger partial charge in [-0.1, -0.05) is 24.6 Å². The minimum atomic E-state index is -3.35. The lowest BCUT2D eigenvalue weighted by Crippen LogP contribution is -2.48. The van der Waals surface area contributed by atoms with Crippen molar-refractivity contribution in [2.45, 2.75) is 31.4 Å². The minimum absolute atomic E-state index is 0.472. The fourth-order valence-corrected chi connectivity index (χ4v) is 6.02. The standard InChI is InChI=1S/C18H24N2O2S2/c1-4-16-6-8-18(23-16)24(21,22)20-11-9-19(10-12-20)17-7-5-14(2)13-15(17)3/h5-8,13H,4,9-12H2,1-3H3. The summed E-state index contributed by atoms with van der Waals surface area (Å²) in [6, 6.07) is 10.1. The molecule has 3 rings (SSSR count). The number of thiophene rings is 1. The molecule has 0 radical (unpaired) electrons. The van der Waals surface area contributed by atoms with E-state index >= 15 is 0 Å². The Hall–Kier alpha value is -1.37. The summed E-state index contributed by atoms with van der Waals surface area (Å²) >= 11 is 1.39. The topological polar surface area (TPSA) is 40.6 Å². The number of piperazine rings is 1. The van der Waals surface area contributed by atoms with E-state index in [4.69, 9.17) is 0 Å². The van der Waals surface area contributed by atoms with Crippen LogP contribution in [0.25, 0.3) is 0 Å². The van der Waals surface area contributed by atoms with Gasteiger partial charge >= 0.3 is 0 Å². The highest BCUT2D eigenvalue weighted by molar-refractivity contribution is 7.91. The van der Waals surface area contributed by atoms with E-state index in [-0.39, 0.29) is 0 Å². The molecule has 1 aliphatic rings. The molecule has 1 fully saturated rings. The van der Waals surface area contributed by atoms with E-state index in [9.17, 15) is 8.42 Å². The average molecular weight is 365 g/mol. The summed E-state index contributed by atoms with van der Waals surface area (Å²) in [5.41, 5.74) is 3.71. The number of hydrogen-bond acceptors (Lipinski definition) is 4. The van der Waals surface area contributed by atoms with Crippen molar-refractivity contribution in [3.8, 4) is 0 Å². The van der Waals surface area contributed by atoms with E-state index in [2.05, 4.69) is 36.9 Å². The quantitative estimate of drug-likeness (QED) is 0.834. The van der Waals surface area contributed by atoms with Gasteiger partial charge in [0.15, 0.2) is 0 Å². The Morgan fingerprint density at radius 1 is 1.04 bits per heavy atom. The lowest BCUT2D eigenvalue weighted by molar-refractivity contribution is 0.385. The highest BCUT2D eigenvalue weighted by Gasteiger charge is 2.30. The lowest BCUT2D eigenvalue weighted by atomic mass is 10.1. The molecule has 4 nitrogen and oxygen atoms in total. The second-order valence-corrected chi connectivity index (χ2v) is 9.59. The van der Waals surface area contributed by atoms with Crippen LogP contribution in [0.2, 0.25) is 0 Å². The van der Waals surface area contributed by atoms with Crippen molar-refractivity contribution in [2.24, 2.45) is 0 Å². The summed E-state index contributed by atoms with van der Waals surface area (Å²) in [5, 5.41) is 0. The van der Waals surface area contributed by atoms with Gasteiger partial charge in [-0.3, -0.25) is 0 Å². The molecule has 1 aliphatic heterocycles. The fraction of sp³-hybridized carbons (Fsp3) is 0.444. The summed E-state index contributed by atoms with van der Waals surface area (Å²) in [6.07, 6.45) is 0.876. The first-order valence-corrected chi connectivity index (χ1v) is 10.6. The Morgan fingerprint density at radius 2 is 1.75 bits per heavy atom. The van der Waals surface area contributed by atoms with Gasteiger partial charge in [-0.15, -0.1) is 11.3 Å². The van der Waals surface area contributed by atoms with E-state index in [1.807, 2.05) is 13.0 Å². The van der Waals surface area contributed by atoms with Crippen LogP contribution >= 0.6 is 11.3 Å². The van der Waals surface area contributed by atoms with Gasteiger partial charge in [-0.05, 0) is 44.0 Å². The van der Waals surface area contributed by atoms with Crippen molar-refractivity contribution in [1.82, 2.24) is 4.31 Å². The third-order valence-corrected chi connectivity index (χ3v) is 8.11. The second kappa shape index (κ2) is 6.86. The molecule has 1 aromatic heterocycles. The zero-order valence-electron chi connectivity index (χ0n) is 14.4. The van der Waals surface area contributed by atoms with Crippen LogP contribution in [-0.2, 0) is 16.4 Å². The molecular weight excluding hydrogens is 340 g/mol. The van der Waals surface area contributed by atoms with Gasteiger partial charge < -0.3 is 4.90 Å². The van der Waals surface area contributed by atoms with Crippen molar-refractivity contribution < 1.29 is 8.42 Å². The molecule has 0 spiro atoms. The van der Waals surface area contributed by atoms with Gasteiger partial charge in [0.25, 0.3) is 10.0 Å². The molecule has 0 unspecified atom stereocenters. The molecule has 0 aliphatic carbocycles. The van der Waals surface area contributed by atoms with Crippen LogP contribution in [0.1, 0.15) is 22.9 Å². The summed E-state index contributed by atoms with van der Waals surface area (Å²) in [4.78, 5) is 3.40. The van der Waals surface area contributed by atoms with E-state index in [0.717, 1.165) is 24.4 Å². The molecule has 0 amide bonds. The van der Waals surface area contributed by atoms with Crippen molar-refractivity contribution in [3.63, 3.8) is 0 Å². The van der Waals surface area contributed by atoms with Crippen LogP contribution in [0.15, 0.2) is 34.5 Å². The van der Waals surface area contributed by atoms with Crippen molar-refractivity contribution in [2.75, 3.05) is 31.1 Å². The van der Waals surface area contributed by atoms with E-state index < -0.39 is 10.0 Å². The zero-order valence-corrected chi connectivity index (χ0v) is 16.1. The predicted molar refractivity (Wildman–Crippen MR) is 101 cm³/mol. The SMILES string of the molecule is CCc1ccc(S(=O)(=O)N2CCN(c3ccc(C)cc3C)CC2)s1.